The summed E-state index contributed by atoms with van der Waals surface area (Å²) in [5.41, 5.74) is 2.75. The van der Waals surface area contributed by atoms with Crippen LogP contribution >= 0.6 is 0 Å². The van der Waals surface area contributed by atoms with Crippen LogP contribution in [-0.2, 0) is 11.2 Å². The van der Waals surface area contributed by atoms with Crippen molar-refractivity contribution in [2.75, 3.05) is 18.0 Å². The number of nitrogens with zero attached hydrogens (tertiary/aromatic N) is 4. The van der Waals surface area contributed by atoms with Gasteiger partial charge in [-0.2, -0.15) is 0 Å². The molecule has 5 rings (SSSR count). The molecule has 168 valence electrons. The number of fused-ring (bicyclic) bond motifs is 1. The van der Waals surface area contributed by atoms with Crippen LogP contribution in [0.5, 0.6) is 0 Å². The lowest BCUT2D eigenvalue weighted by Crippen LogP contribution is -2.41. The van der Waals surface area contributed by atoms with E-state index in [1.54, 1.807) is 0 Å². The fraction of sp³-hybridized carbons (Fsp3) is 0.538. The van der Waals surface area contributed by atoms with E-state index in [1.165, 1.54) is 32.1 Å². The molecular weight excluding hydrogens is 400 g/mol. The van der Waals surface area contributed by atoms with Gasteiger partial charge in [-0.25, -0.2) is 9.97 Å². The van der Waals surface area contributed by atoms with Crippen molar-refractivity contribution in [3.63, 3.8) is 0 Å². The molecule has 3 aliphatic rings. The summed E-state index contributed by atoms with van der Waals surface area (Å²) in [4.78, 5) is 39.8. The molecule has 2 amide bonds. The molecule has 32 heavy (non-hydrogen) atoms. The van der Waals surface area contributed by atoms with Gasteiger partial charge in [0.25, 0.3) is 5.91 Å². The van der Waals surface area contributed by atoms with E-state index in [-0.39, 0.29) is 17.9 Å². The number of likely N-dealkylation sites (tertiary alicyclic amines) is 1. The van der Waals surface area contributed by atoms with Gasteiger partial charge in [-0.1, -0.05) is 37.5 Å². The zero-order chi connectivity index (χ0) is 22.1. The zero-order valence-electron chi connectivity index (χ0n) is 18.9. The van der Waals surface area contributed by atoms with Crippen molar-refractivity contribution >= 4 is 17.6 Å². The standard InChI is InChI=1S/C26H32N4O2/c1-18-21-14-15-23(31)30(17-19-9-4-2-5-10-19)25(21)28-24(27-18)22-13-8-16-29(22)26(32)20-11-6-3-7-12-20/h3,6-7,11-12,19,22H,2,4-5,8-10,13-17H2,1H3/t22-/m1/s1. The first-order valence-corrected chi connectivity index (χ1v) is 12.2. The Kier molecular flexibility index (Phi) is 5.94. The first-order valence-electron chi connectivity index (χ1n) is 12.2. The van der Waals surface area contributed by atoms with Crippen LogP contribution < -0.4 is 4.90 Å². The lowest BCUT2D eigenvalue weighted by molar-refractivity contribution is -0.119. The second-order valence-electron chi connectivity index (χ2n) is 9.50. The van der Waals surface area contributed by atoms with Crippen LogP contribution in [0.3, 0.4) is 0 Å². The molecule has 0 bridgehead atoms. The smallest absolute Gasteiger partial charge is 0.254 e. The first kappa shape index (κ1) is 21.1. The molecule has 1 aromatic carbocycles. The van der Waals surface area contributed by atoms with E-state index in [0.717, 1.165) is 36.5 Å². The Balaban J connectivity index is 1.46. The predicted octanol–water partition coefficient (Wildman–Crippen LogP) is 4.62. The van der Waals surface area contributed by atoms with Crippen molar-refractivity contribution in [3.05, 3.63) is 53.0 Å². The second-order valence-corrected chi connectivity index (χ2v) is 9.50. The molecule has 1 saturated carbocycles. The summed E-state index contributed by atoms with van der Waals surface area (Å²) in [6.07, 6.45) is 9.23. The average molecular weight is 433 g/mol. The van der Waals surface area contributed by atoms with Gasteiger partial charge in [0.05, 0.1) is 6.04 Å². The van der Waals surface area contributed by atoms with Gasteiger partial charge in [0, 0.05) is 36.3 Å². The summed E-state index contributed by atoms with van der Waals surface area (Å²) in [6, 6.07) is 9.30. The van der Waals surface area contributed by atoms with Crippen molar-refractivity contribution in [3.8, 4) is 0 Å². The Bertz CT molecular complexity index is 1000. The van der Waals surface area contributed by atoms with Crippen molar-refractivity contribution in [2.24, 2.45) is 5.92 Å². The molecule has 0 unspecified atom stereocenters. The number of anilines is 1. The topological polar surface area (TPSA) is 66.4 Å². The van der Waals surface area contributed by atoms with Crippen LogP contribution in [0.4, 0.5) is 5.82 Å². The van der Waals surface area contributed by atoms with Gasteiger partial charge in [-0.05, 0) is 57.1 Å². The summed E-state index contributed by atoms with van der Waals surface area (Å²) >= 11 is 0. The quantitative estimate of drug-likeness (QED) is 0.707. The molecule has 3 heterocycles. The molecule has 1 atom stereocenters. The van der Waals surface area contributed by atoms with Crippen LogP contribution in [0, 0.1) is 12.8 Å². The predicted molar refractivity (Wildman–Crippen MR) is 123 cm³/mol. The molecule has 6 heteroatoms. The molecule has 2 fully saturated rings. The molecule has 0 N–H and O–H groups in total. The number of benzene rings is 1. The Morgan fingerprint density at radius 3 is 2.56 bits per heavy atom. The molecule has 2 aromatic rings. The molecule has 1 saturated heterocycles. The summed E-state index contributed by atoms with van der Waals surface area (Å²) in [5.74, 6) is 2.25. The summed E-state index contributed by atoms with van der Waals surface area (Å²) in [5, 5.41) is 0. The lowest BCUT2D eigenvalue weighted by Gasteiger charge is -2.34. The maximum absolute atomic E-state index is 13.2. The third-order valence-electron chi connectivity index (χ3n) is 7.35. The molecule has 6 nitrogen and oxygen atoms in total. The van der Waals surface area contributed by atoms with Crippen molar-refractivity contribution in [2.45, 2.75) is 70.8 Å². The fourth-order valence-electron chi connectivity index (χ4n) is 5.59. The van der Waals surface area contributed by atoms with E-state index in [1.807, 2.05) is 47.1 Å². The number of hydrogen-bond acceptors (Lipinski definition) is 4. The monoisotopic (exact) mass is 432 g/mol. The van der Waals surface area contributed by atoms with E-state index < -0.39 is 0 Å². The van der Waals surface area contributed by atoms with Gasteiger partial charge in [-0.3, -0.25) is 14.5 Å². The van der Waals surface area contributed by atoms with E-state index in [0.29, 0.717) is 36.7 Å². The van der Waals surface area contributed by atoms with Crippen LogP contribution in [0.2, 0.25) is 0 Å². The molecule has 0 radical (unpaired) electrons. The van der Waals surface area contributed by atoms with E-state index in [4.69, 9.17) is 9.97 Å². The van der Waals surface area contributed by atoms with Crippen molar-refractivity contribution < 1.29 is 9.59 Å². The minimum absolute atomic E-state index is 0.0298. The number of carbonyl (C=O) groups is 2. The Morgan fingerprint density at radius 2 is 1.78 bits per heavy atom. The van der Waals surface area contributed by atoms with Crippen LogP contribution in [0.15, 0.2) is 30.3 Å². The maximum Gasteiger partial charge on any atom is 0.254 e. The third kappa shape index (κ3) is 4.03. The minimum Gasteiger partial charge on any atom is -0.328 e. The number of rotatable bonds is 4. The lowest BCUT2D eigenvalue weighted by atomic mass is 9.88. The van der Waals surface area contributed by atoms with Crippen molar-refractivity contribution in [1.29, 1.82) is 0 Å². The highest BCUT2D eigenvalue weighted by atomic mass is 16.2. The Labute approximate surface area is 190 Å². The number of hydrogen-bond donors (Lipinski definition) is 0. The fourth-order valence-corrected chi connectivity index (χ4v) is 5.59. The second kappa shape index (κ2) is 9.00. The van der Waals surface area contributed by atoms with Crippen LogP contribution in [0.1, 0.15) is 84.8 Å². The van der Waals surface area contributed by atoms with Gasteiger partial charge < -0.3 is 4.90 Å². The highest BCUT2D eigenvalue weighted by Gasteiger charge is 2.36. The van der Waals surface area contributed by atoms with E-state index in [9.17, 15) is 9.59 Å². The number of amides is 2. The average Bonchev–Trinajstić information content (AvgIpc) is 3.31. The van der Waals surface area contributed by atoms with E-state index >= 15 is 0 Å². The summed E-state index contributed by atoms with van der Waals surface area (Å²) in [7, 11) is 0. The normalized spacial score (nSPS) is 21.7. The summed E-state index contributed by atoms with van der Waals surface area (Å²) < 4.78 is 0. The van der Waals surface area contributed by atoms with Gasteiger partial charge in [-0.15, -0.1) is 0 Å². The van der Waals surface area contributed by atoms with Crippen molar-refractivity contribution in [1.82, 2.24) is 14.9 Å². The van der Waals surface area contributed by atoms with Gasteiger partial charge >= 0.3 is 0 Å². The Morgan fingerprint density at radius 1 is 1.00 bits per heavy atom. The largest absolute Gasteiger partial charge is 0.328 e. The zero-order valence-corrected chi connectivity index (χ0v) is 18.9. The first-order chi connectivity index (χ1) is 15.6. The highest BCUT2D eigenvalue weighted by Crippen LogP contribution is 2.36. The van der Waals surface area contributed by atoms with Crippen LogP contribution in [0.25, 0.3) is 0 Å². The van der Waals surface area contributed by atoms with Gasteiger partial charge in [0.15, 0.2) is 5.82 Å². The molecule has 2 aliphatic heterocycles. The van der Waals surface area contributed by atoms with Crippen LogP contribution in [-0.4, -0.2) is 39.8 Å². The van der Waals surface area contributed by atoms with Gasteiger partial charge in [0.1, 0.15) is 5.82 Å². The number of carbonyl (C=O) groups excluding carboxylic acids is 2. The summed E-state index contributed by atoms with van der Waals surface area (Å²) in [6.45, 7) is 3.50. The van der Waals surface area contributed by atoms with E-state index in [2.05, 4.69) is 0 Å². The highest BCUT2D eigenvalue weighted by molar-refractivity contribution is 5.96. The van der Waals surface area contributed by atoms with Gasteiger partial charge in [0.2, 0.25) is 5.91 Å². The SMILES string of the molecule is Cc1nc([C@H]2CCCN2C(=O)c2ccccc2)nc2c1CCC(=O)N2CC1CCCCC1. The Hall–Kier alpha value is -2.76. The number of aromatic nitrogens is 2. The molecular formula is C26H32N4O2. The minimum atomic E-state index is -0.139. The molecule has 1 aromatic heterocycles. The third-order valence-corrected chi connectivity index (χ3v) is 7.35. The maximum atomic E-state index is 13.2. The molecule has 1 aliphatic carbocycles. The number of aryl methyl sites for hydroxylation is 1. The molecule has 0 spiro atoms.